The van der Waals surface area contributed by atoms with Crippen molar-refractivity contribution < 1.29 is 9.53 Å². The molecule has 4 heteroatoms. The first-order valence-electron chi connectivity index (χ1n) is 4.61. The van der Waals surface area contributed by atoms with E-state index >= 15 is 0 Å². The molecule has 0 aliphatic carbocycles. The van der Waals surface area contributed by atoms with Crippen LogP contribution in [0.2, 0.25) is 0 Å². The lowest BCUT2D eigenvalue weighted by atomic mass is 10.1. The van der Waals surface area contributed by atoms with Crippen LogP contribution in [-0.4, -0.2) is 36.1 Å². The maximum atomic E-state index is 10.8. The molecule has 14 heavy (non-hydrogen) atoms. The van der Waals surface area contributed by atoms with Crippen LogP contribution in [0, 0.1) is 0 Å². The zero-order chi connectivity index (χ0) is 9.80. The second kappa shape index (κ2) is 4.19. The van der Waals surface area contributed by atoms with Gasteiger partial charge in [0.1, 0.15) is 0 Å². The van der Waals surface area contributed by atoms with Gasteiger partial charge in [0.05, 0.1) is 24.9 Å². The molecule has 0 spiro atoms. The van der Waals surface area contributed by atoms with E-state index in [2.05, 4.69) is 4.98 Å². The number of aromatic nitrogens is 1. The van der Waals surface area contributed by atoms with Crippen molar-refractivity contribution in [2.24, 2.45) is 0 Å². The first kappa shape index (κ1) is 9.15. The third kappa shape index (κ3) is 1.75. The lowest BCUT2D eigenvalue weighted by Crippen LogP contribution is -2.38. The van der Waals surface area contributed by atoms with Gasteiger partial charge in [-0.05, 0) is 12.1 Å². The predicted molar refractivity (Wildman–Crippen MR) is 50.6 cm³/mol. The zero-order valence-electron chi connectivity index (χ0n) is 7.80. The van der Waals surface area contributed by atoms with Gasteiger partial charge in [0.2, 0.25) is 6.41 Å². The number of hydrogen-bond acceptors (Lipinski definition) is 3. The van der Waals surface area contributed by atoms with E-state index < -0.39 is 0 Å². The summed E-state index contributed by atoms with van der Waals surface area (Å²) >= 11 is 0. The monoisotopic (exact) mass is 192 g/mol. The molecule has 1 aliphatic rings. The number of carbonyl (C=O) groups excluding carboxylic acids is 1. The number of hydrogen-bond donors (Lipinski definition) is 0. The summed E-state index contributed by atoms with van der Waals surface area (Å²) in [7, 11) is 0. The van der Waals surface area contributed by atoms with E-state index in [-0.39, 0.29) is 6.04 Å². The summed E-state index contributed by atoms with van der Waals surface area (Å²) in [6.07, 6.45) is 2.59. The van der Waals surface area contributed by atoms with Crippen molar-refractivity contribution >= 4 is 6.41 Å². The quantitative estimate of drug-likeness (QED) is 0.645. The lowest BCUT2D eigenvalue weighted by molar-refractivity contribution is -0.126. The van der Waals surface area contributed by atoms with Crippen LogP contribution in [0.25, 0.3) is 0 Å². The smallest absolute Gasteiger partial charge is 0.210 e. The molecule has 4 nitrogen and oxygen atoms in total. The third-order valence-corrected chi connectivity index (χ3v) is 2.33. The van der Waals surface area contributed by atoms with E-state index in [1.807, 2.05) is 18.2 Å². The number of morpholine rings is 1. The maximum absolute atomic E-state index is 10.8. The van der Waals surface area contributed by atoms with Crippen LogP contribution in [0.3, 0.4) is 0 Å². The Labute approximate surface area is 82.5 Å². The molecule has 1 atom stereocenters. The Hall–Kier alpha value is -1.42. The van der Waals surface area contributed by atoms with Crippen molar-refractivity contribution in [3.05, 3.63) is 30.1 Å². The topological polar surface area (TPSA) is 42.4 Å². The standard InChI is InChI=1S/C10H12N2O2/c13-8-12-5-6-14-7-10(12)9-3-1-2-4-11-9/h1-4,8,10H,5-7H2. The molecular formula is C10H12N2O2. The number of amides is 1. The van der Waals surface area contributed by atoms with Gasteiger partial charge >= 0.3 is 0 Å². The maximum Gasteiger partial charge on any atom is 0.210 e. The second-order valence-corrected chi connectivity index (χ2v) is 3.19. The highest BCUT2D eigenvalue weighted by Gasteiger charge is 2.23. The second-order valence-electron chi connectivity index (χ2n) is 3.19. The molecule has 2 heterocycles. The normalized spacial score (nSPS) is 22.0. The largest absolute Gasteiger partial charge is 0.377 e. The first-order chi connectivity index (χ1) is 6.92. The zero-order valence-corrected chi connectivity index (χ0v) is 7.80. The Kier molecular flexibility index (Phi) is 2.74. The molecule has 2 rings (SSSR count). The predicted octanol–water partition coefficient (Wildman–Crippen LogP) is 0.611. The van der Waals surface area contributed by atoms with Gasteiger partial charge in [-0.3, -0.25) is 9.78 Å². The molecule has 0 saturated carbocycles. The van der Waals surface area contributed by atoms with Gasteiger partial charge in [0.15, 0.2) is 0 Å². The molecule has 1 fully saturated rings. The van der Waals surface area contributed by atoms with Crippen LogP contribution in [-0.2, 0) is 9.53 Å². The number of rotatable bonds is 2. The Morgan fingerprint density at radius 3 is 3.21 bits per heavy atom. The lowest BCUT2D eigenvalue weighted by Gasteiger charge is -2.31. The van der Waals surface area contributed by atoms with Gasteiger partial charge in [-0.25, -0.2) is 0 Å². The van der Waals surface area contributed by atoms with Crippen LogP contribution >= 0.6 is 0 Å². The van der Waals surface area contributed by atoms with Crippen molar-refractivity contribution in [1.29, 1.82) is 0 Å². The summed E-state index contributed by atoms with van der Waals surface area (Å²) in [6, 6.07) is 5.66. The highest BCUT2D eigenvalue weighted by atomic mass is 16.5. The van der Waals surface area contributed by atoms with Crippen molar-refractivity contribution in [2.75, 3.05) is 19.8 Å². The minimum atomic E-state index is -0.0255. The minimum Gasteiger partial charge on any atom is -0.377 e. The van der Waals surface area contributed by atoms with Crippen molar-refractivity contribution in [1.82, 2.24) is 9.88 Å². The summed E-state index contributed by atoms with van der Waals surface area (Å²) in [5, 5.41) is 0. The van der Waals surface area contributed by atoms with E-state index in [0.29, 0.717) is 19.8 Å². The van der Waals surface area contributed by atoms with Crippen LogP contribution in [0.15, 0.2) is 24.4 Å². The van der Waals surface area contributed by atoms with Gasteiger partial charge in [-0.1, -0.05) is 6.07 Å². The average molecular weight is 192 g/mol. The highest BCUT2D eigenvalue weighted by Crippen LogP contribution is 2.20. The molecule has 1 aromatic heterocycles. The van der Waals surface area contributed by atoms with Crippen LogP contribution in [0.1, 0.15) is 11.7 Å². The molecule has 0 radical (unpaired) electrons. The Balaban J connectivity index is 2.19. The van der Waals surface area contributed by atoms with Crippen molar-refractivity contribution in [3.8, 4) is 0 Å². The summed E-state index contributed by atoms with van der Waals surface area (Å²) in [4.78, 5) is 16.7. The van der Waals surface area contributed by atoms with Gasteiger partial charge in [-0.2, -0.15) is 0 Å². The number of ether oxygens (including phenoxy) is 1. The summed E-state index contributed by atoms with van der Waals surface area (Å²) in [5.41, 5.74) is 0.888. The van der Waals surface area contributed by atoms with Crippen molar-refractivity contribution in [3.63, 3.8) is 0 Å². The Morgan fingerprint density at radius 1 is 1.57 bits per heavy atom. The number of nitrogens with zero attached hydrogens (tertiary/aromatic N) is 2. The first-order valence-corrected chi connectivity index (χ1v) is 4.61. The summed E-state index contributed by atoms with van der Waals surface area (Å²) < 4.78 is 5.33. The molecule has 1 amide bonds. The van der Waals surface area contributed by atoms with Gasteiger partial charge in [0, 0.05) is 12.7 Å². The molecule has 1 aromatic rings. The average Bonchev–Trinajstić information content (AvgIpc) is 2.30. The van der Waals surface area contributed by atoms with Gasteiger partial charge < -0.3 is 9.64 Å². The van der Waals surface area contributed by atoms with Gasteiger partial charge in [0.25, 0.3) is 0 Å². The summed E-state index contributed by atoms with van der Waals surface area (Å²) in [6.45, 7) is 1.79. The number of carbonyl (C=O) groups is 1. The van der Waals surface area contributed by atoms with E-state index in [9.17, 15) is 4.79 Å². The number of pyridine rings is 1. The van der Waals surface area contributed by atoms with Crippen molar-refractivity contribution in [2.45, 2.75) is 6.04 Å². The van der Waals surface area contributed by atoms with E-state index in [0.717, 1.165) is 12.1 Å². The molecule has 1 aliphatic heterocycles. The SMILES string of the molecule is O=CN1CCOCC1c1ccccn1. The fraction of sp³-hybridized carbons (Fsp3) is 0.400. The van der Waals surface area contributed by atoms with Gasteiger partial charge in [-0.15, -0.1) is 0 Å². The fourth-order valence-electron chi connectivity index (χ4n) is 1.57. The Bertz CT molecular complexity index is 302. The fourth-order valence-corrected chi connectivity index (χ4v) is 1.57. The molecule has 1 unspecified atom stereocenters. The van der Waals surface area contributed by atoms with Crippen LogP contribution < -0.4 is 0 Å². The minimum absolute atomic E-state index is 0.0255. The van der Waals surface area contributed by atoms with E-state index in [1.54, 1.807) is 11.1 Å². The molecule has 1 saturated heterocycles. The molecule has 74 valence electrons. The molecule has 0 N–H and O–H groups in total. The van der Waals surface area contributed by atoms with Crippen LogP contribution in [0.4, 0.5) is 0 Å². The highest BCUT2D eigenvalue weighted by molar-refractivity contribution is 5.48. The summed E-state index contributed by atoms with van der Waals surface area (Å²) in [5.74, 6) is 0. The van der Waals surface area contributed by atoms with E-state index in [1.165, 1.54) is 0 Å². The Morgan fingerprint density at radius 2 is 2.50 bits per heavy atom. The van der Waals surface area contributed by atoms with E-state index in [4.69, 9.17) is 4.74 Å². The van der Waals surface area contributed by atoms with Crippen LogP contribution in [0.5, 0.6) is 0 Å². The molecule has 0 bridgehead atoms. The molecule has 0 aromatic carbocycles. The molecular weight excluding hydrogens is 180 g/mol. The third-order valence-electron chi connectivity index (χ3n) is 2.33.